The minimum atomic E-state index is -3.93. The average Bonchev–Trinajstić information content (AvgIpc) is 2.36. The van der Waals surface area contributed by atoms with E-state index in [9.17, 15) is 18.0 Å². The van der Waals surface area contributed by atoms with E-state index in [1.54, 1.807) is 6.92 Å². The number of piperazine rings is 1. The first kappa shape index (κ1) is 15.5. The summed E-state index contributed by atoms with van der Waals surface area (Å²) >= 11 is 4.86. The van der Waals surface area contributed by atoms with Crippen LogP contribution < -0.4 is 11.1 Å². The number of imide groups is 1. The van der Waals surface area contributed by atoms with Gasteiger partial charge in [-0.05, 0) is 24.6 Å². The highest BCUT2D eigenvalue weighted by atomic mass is 32.2. The van der Waals surface area contributed by atoms with Crippen LogP contribution in [0.1, 0.15) is 11.1 Å². The van der Waals surface area contributed by atoms with E-state index >= 15 is 0 Å². The molecule has 3 N–H and O–H groups in total. The lowest BCUT2D eigenvalue weighted by atomic mass is 10.1. The number of amides is 2. The highest BCUT2D eigenvalue weighted by molar-refractivity contribution is 7.89. The van der Waals surface area contributed by atoms with Crippen molar-refractivity contribution in [1.82, 2.24) is 9.62 Å². The predicted octanol–water partition coefficient (Wildman–Crippen LogP) is -0.724. The first-order chi connectivity index (χ1) is 9.71. The molecule has 0 aliphatic carbocycles. The molecule has 1 aromatic rings. The molecule has 2 amide bonds. The van der Waals surface area contributed by atoms with Crippen LogP contribution in [0.15, 0.2) is 23.1 Å². The Morgan fingerprint density at radius 3 is 2.33 bits per heavy atom. The van der Waals surface area contributed by atoms with Crippen molar-refractivity contribution >= 4 is 39.0 Å². The highest BCUT2D eigenvalue weighted by Crippen LogP contribution is 2.20. The van der Waals surface area contributed by atoms with E-state index in [1.807, 2.05) is 0 Å². The number of sulfonamides is 1. The van der Waals surface area contributed by atoms with Crippen LogP contribution in [0.5, 0.6) is 0 Å². The molecule has 0 unspecified atom stereocenters. The zero-order chi connectivity index (χ0) is 15.8. The molecule has 1 saturated heterocycles. The quantitative estimate of drug-likeness (QED) is 0.560. The Hall–Kier alpha value is -1.84. The number of carbonyl (C=O) groups excluding carboxylic acids is 2. The van der Waals surface area contributed by atoms with Crippen LogP contribution in [-0.4, -0.2) is 42.6 Å². The predicted molar refractivity (Wildman–Crippen MR) is 79.0 cm³/mol. The molecule has 21 heavy (non-hydrogen) atoms. The Kier molecular flexibility index (Phi) is 4.08. The van der Waals surface area contributed by atoms with Crippen molar-refractivity contribution in [2.75, 3.05) is 13.1 Å². The molecule has 0 radical (unpaired) electrons. The van der Waals surface area contributed by atoms with E-state index in [4.69, 9.17) is 18.0 Å². The lowest BCUT2D eigenvalue weighted by Gasteiger charge is -2.25. The Balaban J connectivity index is 2.40. The molecule has 1 aliphatic rings. The van der Waals surface area contributed by atoms with Crippen LogP contribution in [0.25, 0.3) is 0 Å². The standard InChI is InChI=1S/C12H13N3O4S2/c1-7-4-8(2-3-9(7)12(13)20)21(18,19)15-5-10(16)14-11(17)6-15/h2-4H,5-6H2,1H3,(H2,13,20)(H,14,16,17). The fraction of sp³-hybridized carbons (Fsp3) is 0.250. The van der Waals surface area contributed by atoms with Crippen LogP contribution in [-0.2, 0) is 19.6 Å². The van der Waals surface area contributed by atoms with E-state index in [-0.39, 0.29) is 23.0 Å². The first-order valence-corrected chi connectivity index (χ1v) is 7.80. The molecule has 1 aliphatic heterocycles. The summed E-state index contributed by atoms with van der Waals surface area (Å²) in [5.74, 6) is -1.29. The Labute approximate surface area is 127 Å². The molecular formula is C12H13N3O4S2. The molecule has 1 aromatic carbocycles. The van der Waals surface area contributed by atoms with Gasteiger partial charge in [0.1, 0.15) is 4.99 Å². The summed E-state index contributed by atoms with van der Waals surface area (Å²) in [5.41, 5.74) is 6.71. The van der Waals surface area contributed by atoms with Crippen LogP contribution >= 0.6 is 12.2 Å². The number of thiocarbonyl (C=S) groups is 1. The van der Waals surface area contributed by atoms with Crippen molar-refractivity contribution in [3.63, 3.8) is 0 Å². The molecule has 2 rings (SSSR count). The first-order valence-electron chi connectivity index (χ1n) is 5.95. The van der Waals surface area contributed by atoms with Crippen LogP contribution in [0.3, 0.4) is 0 Å². The van der Waals surface area contributed by atoms with Gasteiger partial charge in [-0.15, -0.1) is 0 Å². The van der Waals surface area contributed by atoms with Gasteiger partial charge >= 0.3 is 0 Å². The zero-order valence-electron chi connectivity index (χ0n) is 11.1. The van der Waals surface area contributed by atoms with Crippen molar-refractivity contribution in [3.05, 3.63) is 29.3 Å². The Morgan fingerprint density at radius 2 is 1.86 bits per heavy atom. The van der Waals surface area contributed by atoms with Gasteiger partial charge < -0.3 is 5.73 Å². The molecular weight excluding hydrogens is 314 g/mol. The van der Waals surface area contributed by atoms with Gasteiger partial charge in [-0.1, -0.05) is 18.3 Å². The van der Waals surface area contributed by atoms with E-state index < -0.39 is 21.8 Å². The molecule has 0 spiro atoms. The number of hydrogen-bond acceptors (Lipinski definition) is 5. The molecule has 7 nitrogen and oxygen atoms in total. The second-order valence-electron chi connectivity index (χ2n) is 4.59. The number of hydrogen-bond donors (Lipinski definition) is 2. The third kappa shape index (κ3) is 3.09. The Morgan fingerprint density at radius 1 is 1.29 bits per heavy atom. The van der Waals surface area contributed by atoms with E-state index in [2.05, 4.69) is 5.32 Å². The number of rotatable bonds is 3. The summed E-state index contributed by atoms with van der Waals surface area (Å²) in [5, 5.41) is 2.05. The highest BCUT2D eigenvalue weighted by Gasteiger charge is 2.33. The van der Waals surface area contributed by atoms with Gasteiger partial charge in [0.25, 0.3) is 0 Å². The summed E-state index contributed by atoms with van der Waals surface area (Å²) < 4.78 is 25.7. The zero-order valence-corrected chi connectivity index (χ0v) is 12.8. The molecule has 1 heterocycles. The number of nitrogens with zero attached hydrogens (tertiary/aromatic N) is 1. The maximum atomic E-state index is 12.4. The molecule has 0 saturated carbocycles. The van der Waals surface area contributed by atoms with E-state index in [1.165, 1.54) is 18.2 Å². The molecule has 0 bridgehead atoms. The summed E-state index contributed by atoms with van der Waals surface area (Å²) in [4.78, 5) is 22.8. The van der Waals surface area contributed by atoms with Gasteiger partial charge in [0.15, 0.2) is 0 Å². The van der Waals surface area contributed by atoms with Gasteiger partial charge in [-0.25, -0.2) is 8.42 Å². The monoisotopic (exact) mass is 327 g/mol. The van der Waals surface area contributed by atoms with Crippen molar-refractivity contribution in [2.45, 2.75) is 11.8 Å². The third-order valence-corrected chi connectivity index (χ3v) is 5.03. The molecule has 1 fully saturated rings. The van der Waals surface area contributed by atoms with E-state index in [0.29, 0.717) is 11.1 Å². The van der Waals surface area contributed by atoms with Crippen LogP contribution in [0.2, 0.25) is 0 Å². The van der Waals surface area contributed by atoms with Crippen molar-refractivity contribution < 1.29 is 18.0 Å². The number of benzene rings is 1. The minimum Gasteiger partial charge on any atom is -0.389 e. The topological polar surface area (TPSA) is 110 Å². The number of carbonyl (C=O) groups is 2. The van der Waals surface area contributed by atoms with Crippen LogP contribution in [0, 0.1) is 6.92 Å². The normalized spacial score (nSPS) is 16.6. The maximum Gasteiger partial charge on any atom is 0.244 e. The van der Waals surface area contributed by atoms with E-state index in [0.717, 1.165) is 4.31 Å². The van der Waals surface area contributed by atoms with Crippen molar-refractivity contribution in [2.24, 2.45) is 5.73 Å². The van der Waals surface area contributed by atoms with Gasteiger partial charge in [-0.2, -0.15) is 4.31 Å². The SMILES string of the molecule is Cc1cc(S(=O)(=O)N2CC(=O)NC(=O)C2)ccc1C(N)=S. The Bertz CT molecular complexity index is 727. The fourth-order valence-corrected chi connectivity index (χ4v) is 3.67. The second kappa shape index (κ2) is 5.51. The molecule has 0 aromatic heterocycles. The van der Waals surface area contributed by atoms with Gasteiger partial charge in [-0.3, -0.25) is 14.9 Å². The minimum absolute atomic E-state index is 0.0116. The second-order valence-corrected chi connectivity index (χ2v) is 6.96. The summed E-state index contributed by atoms with van der Waals surface area (Å²) in [6, 6.07) is 4.28. The fourth-order valence-electron chi connectivity index (χ4n) is 2.00. The summed E-state index contributed by atoms with van der Waals surface area (Å²) in [6.07, 6.45) is 0. The smallest absolute Gasteiger partial charge is 0.244 e. The largest absolute Gasteiger partial charge is 0.389 e. The van der Waals surface area contributed by atoms with Gasteiger partial charge in [0.05, 0.1) is 18.0 Å². The third-order valence-electron chi connectivity index (χ3n) is 3.02. The molecule has 9 heteroatoms. The summed E-state index contributed by atoms with van der Waals surface area (Å²) in [6.45, 7) is 0.913. The van der Waals surface area contributed by atoms with Crippen LogP contribution in [0.4, 0.5) is 0 Å². The van der Waals surface area contributed by atoms with Crippen molar-refractivity contribution in [3.8, 4) is 0 Å². The van der Waals surface area contributed by atoms with Gasteiger partial charge in [0.2, 0.25) is 21.8 Å². The number of nitrogens with one attached hydrogen (secondary N) is 1. The molecule has 0 atom stereocenters. The lowest BCUT2D eigenvalue weighted by Crippen LogP contribution is -2.53. The molecule has 112 valence electrons. The average molecular weight is 327 g/mol. The summed E-state index contributed by atoms with van der Waals surface area (Å²) in [7, 11) is -3.93. The van der Waals surface area contributed by atoms with Gasteiger partial charge in [0, 0.05) is 5.56 Å². The maximum absolute atomic E-state index is 12.4. The number of aryl methyl sites for hydroxylation is 1. The number of nitrogens with two attached hydrogens (primary N) is 1. The lowest BCUT2D eigenvalue weighted by molar-refractivity contribution is -0.134. The van der Waals surface area contributed by atoms with Crippen molar-refractivity contribution in [1.29, 1.82) is 0 Å².